The first-order valence-corrected chi connectivity index (χ1v) is 12.6. The molecule has 1 amide bonds. The van der Waals surface area contributed by atoms with Crippen LogP contribution in [0.1, 0.15) is 30.7 Å². The van der Waals surface area contributed by atoms with Gasteiger partial charge in [-0.3, -0.25) is 9.79 Å². The fraction of sp³-hybridized carbons (Fsp3) is 0.379. The molecule has 1 saturated heterocycles. The van der Waals surface area contributed by atoms with Crippen LogP contribution in [0, 0.1) is 5.92 Å². The van der Waals surface area contributed by atoms with E-state index in [1.54, 1.807) is 0 Å². The van der Waals surface area contributed by atoms with Gasteiger partial charge < -0.3 is 15.1 Å². The number of benzene rings is 2. The number of hydrogen-bond donors (Lipinski definition) is 1. The van der Waals surface area contributed by atoms with Gasteiger partial charge in [0.2, 0.25) is 5.91 Å². The average Bonchev–Trinajstić information content (AvgIpc) is 3.67. The topological polar surface area (TPSA) is 47.9 Å². The van der Waals surface area contributed by atoms with Crippen molar-refractivity contribution >= 4 is 11.7 Å². The summed E-state index contributed by atoms with van der Waals surface area (Å²) >= 11 is 0. The summed E-state index contributed by atoms with van der Waals surface area (Å²) in [5.74, 6) is 1.55. The number of piperidine rings is 1. The van der Waals surface area contributed by atoms with Gasteiger partial charge in [0.25, 0.3) is 0 Å². The molecule has 2 aromatic carbocycles. The smallest absolute Gasteiger partial charge is 0.227 e. The van der Waals surface area contributed by atoms with E-state index < -0.39 is 0 Å². The van der Waals surface area contributed by atoms with Crippen molar-refractivity contribution in [2.24, 2.45) is 10.9 Å². The van der Waals surface area contributed by atoms with Crippen LogP contribution in [0.3, 0.4) is 0 Å². The Hall–Kier alpha value is -3.18. The Morgan fingerprint density at radius 3 is 2.74 bits per heavy atom. The predicted molar refractivity (Wildman–Crippen MR) is 137 cm³/mol. The number of fused-ring (bicyclic) bond motifs is 1. The van der Waals surface area contributed by atoms with Crippen molar-refractivity contribution in [3.05, 3.63) is 84.6 Å². The van der Waals surface area contributed by atoms with E-state index in [9.17, 15) is 4.79 Å². The SMILES string of the molecule is O=C([C@H]1CNCC[C@@H]1c1cccc(-c2ccccc2)c1)N(CC1CN=C2C=CC=CN21)C1CC1. The minimum Gasteiger partial charge on any atom is -0.337 e. The second-order valence-corrected chi connectivity index (χ2v) is 9.88. The number of amidine groups is 1. The van der Waals surface area contributed by atoms with Crippen LogP contribution in [-0.4, -0.2) is 59.8 Å². The summed E-state index contributed by atoms with van der Waals surface area (Å²) in [7, 11) is 0. The van der Waals surface area contributed by atoms with E-state index in [4.69, 9.17) is 4.99 Å². The molecule has 0 spiro atoms. The molecule has 4 aliphatic rings. The summed E-state index contributed by atoms with van der Waals surface area (Å²) in [5.41, 5.74) is 3.73. The number of nitrogens with zero attached hydrogens (tertiary/aromatic N) is 3. The molecule has 3 atom stereocenters. The van der Waals surface area contributed by atoms with Crippen LogP contribution in [0.5, 0.6) is 0 Å². The molecule has 1 saturated carbocycles. The zero-order valence-electron chi connectivity index (χ0n) is 19.5. The van der Waals surface area contributed by atoms with E-state index in [1.807, 2.05) is 6.08 Å². The Morgan fingerprint density at radius 1 is 1.03 bits per heavy atom. The first kappa shape index (κ1) is 21.4. The number of allylic oxidation sites excluding steroid dienone is 2. The van der Waals surface area contributed by atoms with Gasteiger partial charge in [0.1, 0.15) is 5.84 Å². The molecule has 2 aromatic rings. The number of aliphatic imine (C=N–C) groups is 1. The van der Waals surface area contributed by atoms with Gasteiger partial charge in [0.15, 0.2) is 0 Å². The molecule has 3 heterocycles. The Kier molecular flexibility index (Phi) is 5.79. The lowest BCUT2D eigenvalue weighted by molar-refractivity contribution is -0.137. The normalized spacial score (nSPS) is 25.7. The summed E-state index contributed by atoms with van der Waals surface area (Å²) in [6.45, 7) is 3.22. The van der Waals surface area contributed by atoms with Gasteiger partial charge in [-0.25, -0.2) is 0 Å². The molecule has 3 aliphatic heterocycles. The minimum absolute atomic E-state index is 0.0287. The highest BCUT2D eigenvalue weighted by Gasteiger charge is 2.42. The van der Waals surface area contributed by atoms with Crippen molar-refractivity contribution in [2.75, 3.05) is 26.2 Å². The maximum absolute atomic E-state index is 14.1. The number of hydrogen-bond acceptors (Lipinski definition) is 4. The van der Waals surface area contributed by atoms with Gasteiger partial charge in [0.05, 0.1) is 18.5 Å². The lowest BCUT2D eigenvalue weighted by Crippen LogP contribution is -2.51. The highest BCUT2D eigenvalue weighted by Crippen LogP contribution is 2.37. The van der Waals surface area contributed by atoms with Crippen molar-refractivity contribution in [1.29, 1.82) is 0 Å². The third-order valence-electron chi connectivity index (χ3n) is 7.62. The molecule has 1 unspecified atom stereocenters. The molecular formula is C29H32N4O. The maximum Gasteiger partial charge on any atom is 0.227 e. The van der Waals surface area contributed by atoms with Crippen LogP contribution in [0.25, 0.3) is 11.1 Å². The van der Waals surface area contributed by atoms with Crippen molar-refractivity contribution in [3.63, 3.8) is 0 Å². The molecule has 2 fully saturated rings. The number of amides is 1. The van der Waals surface area contributed by atoms with Gasteiger partial charge in [-0.1, -0.05) is 60.7 Å². The summed E-state index contributed by atoms with van der Waals surface area (Å²) in [4.78, 5) is 23.2. The average molecular weight is 453 g/mol. The number of rotatable bonds is 6. The van der Waals surface area contributed by atoms with E-state index in [1.165, 1.54) is 16.7 Å². The molecular weight excluding hydrogens is 420 g/mol. The number of carbonyl (C=O) groups excluding carboxylic acids is 1. The van der Waals surface area contributed by atoms with Gasteiger partial charge >= 0.3 is 0 Å². The second-order valence-electron chi connectivity index (χ2n) is 9.88. The summed E-state index contributed by atoms with van der Waals surface area (Å²) in [6, 6.07) is 20.0. The Bertz CT molecular complexity index is 1130. The first-order chi connectivity index (χ1) is 16.8. The summed E-state index contributed by atoms with van der Waals surface area (Å²) < 4.78 is 0. The molecule has 1 N–H and O–H groups in total. The molecule has 0 radical (unpaired) electrons. The number of nitrogens with one attached hydrogen (secondary N) is 1. The highest BCUT2D eigenvalue weighted by molar-refractivity contribution is 5.96. The molecule has 174 valence electrons. The third-order valence-corrected chi connectivity index (χ3v) is 7.62. The Morgan fingerprint density at radius 2 is 1.88 bits per heavy atom. The Labute approximate surface area is 201 Å². The van der Waals surface area contributed by atoms with Gasteiger partial charge in [-0.15, -0.1) is 0 Å². The molecule has 0 aromatic heterocycles. The van der Waals surface area contributed by atoms with E-state index >= 15 is 0 Å². The van der Waals surface area contributed by atoms with Crippen LogP contribution in [0.4, 0.5) is 0 Å². The standard InChI is InChI=1S/C29H32N4O/c34-29(33(24-12-13-24)20-25-18-31-28-11-4-5-16-32(25)28)27-19-30-15-14-26(27)23-10-6-9-22(17-23)21-7-2-1-3-8-21/h1-11,16-17,24-27,30H,12-15,18-20H2/t25?,26-,27+/m1/s1. The predicted octanol–water partition coefficient (Wildman–Crippen LogP) is 4.20. The molecule has 0 bridgehead atoms. The monoisotopic (exact) mass is 452 g/mol. The third kappa shape index (κ3) is 4.21. The van der Waals surface area contributed by atoms with Crippen LogP contribution in [0.2, 0.25) is 0 Å². The van der Waals surface area contributed by atoms with Crippen LogP contribution in [0.15, 0.2) is 84.0 Å². The lowest BCUT2D eigenvalue weighted by Gasteiger charge is -2.37. The molecule has 5 nitrogen and oxygen atoms in total. The lowest BCUT2D eigenvalue weighted by atomic mass is 9.79. The molecule has 5 heteroatoms. The molecule has 34 heavy (non-hydrogen) atoms. The summed E-state index contributed by atoms with van der Waals surface area (Å²) in [5, 5.41) is 3.51. The van der Waals surface area contributed by atoms with Crippen LogP contribution >= 0.6 is 0 Å². The largest absolute Gasteiger partial charge is 0.337 e. The first-order valence-electron chi connectivity index (χ1n) is 12.6. The van der Waals surface area contributed by atoms with Crippen LogP contribution in [-0.2, 0) is 4.79 Å². The van der Waals surface area contributed by atoms with E-state index in [-0.39, 0.29) is 17.9 Å². The van der Waals surface area contributed by atoms with Gasteiger partial charge in [-0.2, -0.15) is 0 Å². The van der Waals surface area contributed by atoms with Crippen molar-refractivity contribution in [3.8, 4) is 11.1 Å². The maximum atomic E-state index is 14.1. The van der Waals surface area contributed by atoms with Crippen molar-refractivity contribution in [1.82, 2.24) is 15.1 Å². The van der Waals surface area contributed by atoms with Crippen molar-refractivity contribution in [2.45, 2.75) is 37.3 Å². The quantitative estimate of drug-likeness (QED) is 0.715. The fourth-order valence-electron chi connectivity index (χ4n) is 5.66. The fourth-order valence-corrected chi connectivity index (χ4v) is 5.66. The zero-order valence-corrected chi connectivity index (χ0v) is 19.5. The van der Waals surface area contributed by atoms with Crippen LogP contribution < -0.4 is 5.32 Å². The zero-order chi connectivity index (χ0) is 22.9. The minimum atomic E-state index is -0.0287. The molecule has 6 rings (SSSR count). The van der Waals surface area contributed by atoms with Gasteiger partial charge in [-0.05, 0) is 60.6 Å². The highest BCUT2D eigenvalue weighted by atomic mass is 16.2. The molecule has 1 aliphatic carbocycles. The van der Waals surface area contributed by atoms with E-state index in [2.05, 4.69) is 88.1 Å². The summed E-state index contributed by atoms with van der Waals surface area (Å²) in [6.07, 6.45) is 11.5. The van der Waals surface area contributed by atoms with E-state index in [0.717, 1.165) is 51.3 Å². The second kappa shape index (κ2) is 9.22. The van der Waals surface area contributed by atoms with Crippen molar-refractivity contribution < 1.29 is 4.79 Å². The van der Waals surface area contributed by atoms with E-state index in [0.29, 0.717) is 11.9 Å². The van der Waals surface area contributed by atoms with Gasteiger partial charge in [0, 0.05) is 25.3 Å². The number of carbonyl (C=O) groups is 1. The Balaban J connectivity index is 1.23.